The monoisotopic (exact) mass is 488 g/mol. The van der Waals surface area contributed by atoms with Crippen LogP contribution in [0, 0.1) is 6.92 Å². The Morgan fingerprint density at radius 2 is 1.89 bits per heavy atom. The van der Waals surface area contributed by atoms with Crippen LogP contribution in [-0.4, -0.2) is 35.0 Å². The molecule has 0 saturated carbocycles. The zero-order valence-corrected chi connectivity index (χ0v) is 21.1. The van der Waals surface area contributed by atoms with E-state index in [2.05, 4.69) is 17.6 Å². The van der Waals surface area contributed by atoms with Crippen LogP contribution in [0.2, 0.25) is 0 Å². The van der Waals surface area contributed by atoms with Gasteiger partial charge in [0.15, 0.2) is 0 Å². The Bertz CT molecular complexity index is 1280. The summed E-state index contributed by atoms with van der Waals surface area (Å²) in [5, 5.41) is 10.5. The Morgan fingerprint density at radius 3 is 2.58 bits per heavy atom. The van der Waals surface area contributed by atoms with E-state index in [1.807, 2.05) is 61.7 Å². The van der Waals surface area contributed by atoms with Gasteiger partial charge in [-0.1, -0.05) is 31.5 Å². The van der Waals surface area contributed by atoms with Crippen LogP contribution < -0.4 is 15.4 Å². The smallest absolute Gasteiger partial charge is 0.338 e. The SMILES string of the molecule is CCCCOc1ccc(-c2nn(-c3ccccc3)cc2[C@@H]2NC(=O)NC(C)=C2C(=O)OCC)cc1C. The summed E-state index contributed by atoms with van der Waals surface area (Å²) in [7, 11) is 0. The molecule has 0 saturated heterocycles. The Balaban J connectivity index is 1.83. The molecule has 1 atom stereocenters. The van der Waals surface area contributed by atoms with Crippen molar-refractivity contribution in [2.45, 2.75) is 46.6 Å². The summed E-state index contributed by atoms with van der Waals surface area (Å²) in [4.78, 5) is 25.4. The van der Waals surface area contributed by atoms with Gasteiger partial charge in [-0.05, 0) is 63.1 Å². The summed E-state index contributed by atoms with van der Waals surface area (Å²) in [5.41, 5.74) is 4.85. The third-order valence-electron chi connectivity index (χ3n) is 6.04. The van der Waals surface area contributed by atoms with E-state index in [1.165, 1.54) is 0 Å². The molecule has 0 radical (unpaired) electrons. The third kappa shape index (κ3) is 5.27. The normalized spacial score (nSPS) is 15.3. The lowest BCUT2D eigenvalue weighted by molar-refractivity contribution is -0.139. The number of urea groups is 1. The number of unbranched alkanes of at least 4 members (excludes halogenated alkanes) is 1. The first-order valence-electron chi connectivity index (χ1n) is 12.3. The summed E-state index contributed by atoms with van der Waals surface area (Å²) >= 11 is 0. The van der Waals surface area contributed by atoms with Crippen molar-refractivity contribution in [3.05, 3.63) is 77.1 Å². The second-order valence-corrected chi connectivity index (χ2v) is 8.69. The zero-order valence-electron chi connectivity index (χ0n) is 21.1. The number of esters is 1. The van der Waals surface area contributed by atoms with Gasteiger partial charge in [-0.25, -0.2) is 14.3 Å². The van der Waals surface area contributed by atoms with Gasteiger partial charge in [0.05, 0.1) is 36.2 Å². The molecule has 0 unspecified atom stereocenters. The van der Waals surface area contributed by atoms with Crippen molar-refractivity contribution in [2.24, 2.45) is 0 Å². The summed E-state index contributed by atoms with van der Waals surface area (Å²) in [5.74, 6) is 0.344. The molecule has 1 aliphatic rings. The van der Waals surface area contributed by atoms with Crippen molar-refractivity contribution in [2.75, 3.05) is 13.2 Å². The number of aryl methyl sites for hydroxylation is 1. The van der Waals surface area contributed by atoms with E-state index in [4.69, 9.17) is 14.6 Å². The minimum absolute atomic E-state index is 0.227. The van der Waals surface area contributed by atoms with Gasteiger partial charge in [-0.15, -0.1) is 0 Å². The van der Waals surface area contributed by atoms with E-state index >= 15 is 0 Å². The number of amides is 2. The van der Waals surface area contributed by atoms with Crippen LogP contribution in [0.5, 0.6) is 5.75 Å². The van der Waals surface area contributed by atoms with Crippen LogP contribution in [0.15, 0.2) is 66.0 Å². The molecule has 0 fully saturated rings. The van der Waals surface area contributed by atoms with Gasteiger partial charge < -0.3 is 20.1 Å². The van der Waals surface area contributed by atoms with E-state index in [0.717, 1.165) is 35.4 Å². The summed E-state index contributed by atoms with van der Waals surface area (Å²) in [6.45, 7) is 8.47. The van der Waals surface area contributed by atoms with Crippen molar-refractivity contribution in [3.8, 4) is 22.7 Å². The fourth-order valence-electron chi connectivity index (χ4n) is 4.23. The maximum Gasteiger partial charge on any atom is 0.338 e. The standard InChI is InChI=1S/C28H32N4O4/c1-5-7-15-36-23-14-13-20(16-18(23)3)25-22(17-32(31-25)21-11-9-8-10-12-21)26-24(27(33)35-6-2)19(4)29-28(34)30-26/h8-14,16-17,26H,5-7,15H2,1-4H3,(H2,29,30,34)/t26-/m0/s1. The van der Waals surface area contributed by atoms with E-state index < -0.39 is 12.0 Å². The predicted molar refractivity (Wildman–Crippen MR) is 138 cm³/mol. The molecular weight excluding hydrogens is 456 g/mol. The highest BCUT2D eigenvalue weighted by Gasteiger charge is 2.35. The topological polar surface area (TPSA) is 94.5 Å². The fraction of sp³-hybridized carbons (Fsp3) is 0.321. The van der Waals surface area contributed by atoms with Gasteiger partial charge in [0, 0.05) is 23.0 Å². The lowest BCUT2D eigenvalue weighted by Crippen LogP contribution is -2.45. The summed E-state index contributed by atoms with van der Waals surface area (Å²) in [6, 6.07) is 14.5. The number of hydrogen-bond donors (Lipinski definition) is 2. The molecule has 36 heavy (non-hydrogen) atoms. The zero-order chi connectivity index (χ0) is 25.7. The molecular formula is C28H32N4O4. The second kappa shape index (κ2) is 11.1. The van der Waals surface area contributed by atoms with Crippen molar-refractivity contribution in [1.29, 1.82) is 0 Å². The number of aromatic nitrogens is 2. The molecule has 3 aromatic rings. The maximum atomic E-state index is 12.9. The van der Waals surface area contributed by atoms with Crippen molar-refractivity contribution in [3.63, 3.8) is 0 Å². The number of allylic oxidation sites excluding steroid dienone is 1. The highest BCUT2D eigenvalue weighted by molar-refractivity contribution is 5.95. The van der Waals surface area contributed by atoms with E-state index in [1.54, 1.807) is 18.5 Å². The number of nitrogens with one attached hydrogen (secondary N) is 2. The molecule has 8 nitrogen and oxygen atoms in total. The van der Waals surface area contributed by atoms with Crippen LogP contribution in [0.4, 0.5) is 4.79 Å². The highest BCUT2D eigenvalue weighted by Crippen LogP contribution is 2.36. The lowest BCUT2D eigenvalue weighted by Gasteiger charge is -2.27. The quantitative estimate of drug-likeness (QED) is 0.318. The van der Waals surface area contributed by atoms with Gasteiger partial charge in [0.25, 0.3) is 0 Å². The molecule has 0 bridgehead atoms. The first-order chi connectivity index (χ1) is 17.4. The van der Waals surface area contributed by atoms with Crippen LogP contribution in [0.3, 0.4) is 0 Å². The molecule has 8 heteroatoms. The van der Waals surface area contributed by atoms with Crippen molar-refractivity contribution >= 4 is 12.0 Å². The van der Waals surface area contributed by atoms with Crippen LogP contribution in [-0.2, 0) is 9.53 Å². The highest BCUT2D eigenvalue weighted by atomic mass is 16.5. The Hall–Kier alpha value is -4.07. The molecule has 4 rings (SSSR count). The molecule has 2 N–H and O–H groups in total. The molecule has 1 aromatic heterocycles. The average molecular weight is 489 g/mol. The molecule has 2 amide bonds. The van der Waals surface area contributed by atoms with Gasteiger partial charge in [0.2, 0.25) is 0 Å². The molecule has 0 spiro atoms. The van der Waals surface area contributed by atoms with Crippen molar-refractivity contribution < 1.29 is 19.1 Å². The number of carbonyl (C=O) groups is 2. The van der Waals surface area contributed by atoms with Crippen LogP contribution in [0.25, 0.3) is 16.9 Å². The number of nitrogens with zero attached hydrogens (tertiary/aromatic N) is 2. The third-order valence-corrected chi connectivity index (χ3v) is 6.04. The number of hydrogen-bond acceptors (Lipinski definition) is 5. The van der Waals surface area contributed by atoms with Crippen molar-refractivity contribution in [1.82, 2.24) is 20.4 Å². The van der Waals surface area contributed by atoms with Gasteiger partial charge in [0.1, 0.15) is 5.75 Å². The summed E-state index contributed by atoms with van der Waals surface area (Å²) < 4.78 is 13.0. The van der Waals surface area contributed by atoms with Crippen LogP contribution >= 0.6 is 0 Å². The second-order valence-electron chi connectivity index (χ2n) is 8.69. The van der Waals surface area contributed by atoms with Gasteiger partial charge in [-0.3, -0.25) is 0 Å². The maximum absolute atomic E-state index is 12.9. The number of rotatable bonds is 9. The molecule has 1 aliphatic heterocycles. The minimum Gasteiger partial charge on any atom is -0.493 e. The Labute approximate surface area is 211 Å². The Morgan fingerprint density at radius 1 is 1.11 bits per heavy atom. The minimum atomic E-state index is -0.731. The first kappa shape index (κ1) is 25.0. The predicted octanol–water partition coefficient (Wildman–Crippen LogP) is 5.22. The lowest BCUT2D eigenvalue weighted by atomic mass is 9.93. The average Bonchev–Trinajstić information content (AvgIpc) is 3.31. The molecule has 2 aromatic carbocycles. The largest absolute Gasteiger partial charge is 0.493 e. The van der Waals surface area contributed by atoms with Gasteiger partial charge >= 0.3 is 12.0 Å². The van der Waals surface area contributed by atoms with E-state index in [-0.39, 0.29) is 12.6 Å². The molecule has 2 heterocycles. The van der Waals surface area contributed by atoms with E-state index in [0.29, 0.717) is 29.1 Å². The fourth-order valence-corrected chi connectivity index (χ4v) is 4.23. The first-order valence-corrected chi connectivity index (χ1v) is 12.3. The van der Waals surface area contributed by atoms with Gasteiger partial charge in [-0.2, -0.15) is 5.10 Å². The van der Waals surface area contributed by atoms with Crippen LogP contribution in [0.1, 0.15) is 50.8 Å². The Kier molecular flexibility index (Phi) is 7.73. The number of benzene rings is 2. The number of ether oxygens (including phenoxy) is 2. The summed E-state index contributed by atoms with van der Waals surface area (Å²) in [6.07, 6.45) is 3.91. The number of carbonyl (C=O) groups excluding carboxylic acids is 2. The molecule has 0 aliphatic carbocycles. The number of para-hydroxylation sites is 1. The van der Waals surface area contributed by atoms with E-state index in [9.17, 15) is 9.59 Å². The molecule has 188 valence electrons.